The van der Waals surface area contributed by atoms with E-state index in [0.29, 0.717) is 45.0 Å². The maximum atomic E-state index is 13.4. The van der Waals surface area contributed by atoms with E-state index in [0.717, 1.165) is 32.1 Å². The lowest BCUT2D eigenvalue weighted by atomic mass is 9.82. The van der Waals surface area contributed by atoms with Crippen molar-refractivity contribution in [2.75, 3.05) is 26.8 Å². The number of benzene rings is 1. The van der Waals surface area contributed by atoms with Crippen LogP contribution in [0.3, 0.4) is 0 Å². The maximum absolute atomic E-state index is 13.4. The Kier molecular flexibility index (Phi) is 8.89. The first kappa shape index (κ1) is 26.9. The van der Waals surface area contributed by atoms with E-state index in [4.69, 9.17) is 14.6 Å². The second-order valence-corrected chi connectivity index (χ2v) is 10.9. The predicted molar refractivity (Wildman–Crippen MR) is 140 cm³/mol. The molecule has 1 aromatic rings. The van der Waals surface area contributed by atoms with E-state index in [9.17, 15) is 19.5 Å². The van der Waals surface area contributed by atoms with E-state index in [1.807, 2.05) is 22.6 Å². The summed E-state index contributed by atoms with van der Waals surface area (Å²) in [6, 6.07) is 2.58. The van der Waals surface area contributed by atoms with Gasteiger partial charge < -0.3 is 29.9 Å². The van der Waals surface area contributed by atoms with E-state index in [1.165, 1.54) is 7.11 Å². The SMILES string of the molecule is COc1cc(C=O)cc(I)c1O[C@H]1C=C(C(=O)NCCO)C[C@@H](N(CC2CC2)C(=O)C2CCC2)[C@@H]1O. The van der Waals surface area contributed by atoms with E-state index in [-0.39, 0.29) is 37.3 Å². The standard InChI is InChI=1S/C26H33IN2O7/c1-35-22-10-16(14-31)9-19(27)24(22)36-21-12-18(25(33)28-7-8-30)11-20(23(21)32)29(13-15-5-6-15)26(34)17-3-2-4-17/h9-10,12,14-15,17,20-21,23,30,32H,2-8,11,13H2,1H3,(H,28,33)/t20-,21+,23+/m1/s1. The third kappa shape index (κ3) is 6.03. The molecule has 0 saturated heterocycles. The molecule has 0 unspecified atom stereocenters. The Bertz CT molecular complexity index is 1020. The molecule has 2 fully saturated rings. The Labute approximate surface area is 224 Å². The minimum atomic E-state index is -1.08. The lowest BCUT2D eigenvalue weighted by molar-refractivity contribution is -0.145. The number of methoxy groups -OCH3 is 1. The molecular weight excluding hydrogens is 579 g/mol. The molecule has 0 heterocycles. The topological polar surface area (TPSA) is 125 Å². The monoisotopic (exact) mass is 612 g/mol. The molecule has 0 bridgehead atoms. The van der Waals surface area contributed by atoms with Gasteiger partial charge in [0.25, 0.3) is 0 Å². The van der Waals surface area contributed by atoms with Crippen LogP contribution < -0.4 is 14.8 Å². The number of carbonyl (C=O) groups excluding carboxylic acids is 3. The van der Waals surface area contributed by atoms with Gasteiger partial charge in [-0.1, -0.05) is 6.42 Å². The molecule has 3 aliphatic rings. The number of hydrogen-bond donors (Lipinski definition) is 3. The summed E-state index contributed by atoms with van der Waals surface area (Å²) in [5.74, 6) is 0.725. The number of amides is 2. The van der Waals surface area contributed by atoms with Crippen LogP contribution in [-0.2, 0) is 9.59 Å². The fourth-order valence-corrected chi connectivity index (χ4v) is 5.45. The molecule has 2 amide bonds. The molecule has 0 spiro atoms. The van der Waals surface area contributed by atoms with Gasteiger partial charge in [0.15, 0.2) is 11.5 Å². The maximum Gasteiger partial charge on any atom is 0.247 e. The van der Waals surface area contributed by atoms with Gasteiger partial charge in [-0.05, 0) is 72.4 Å². The van der Waals surface area contributed by atoms with Crippen LogP contribution in [0.2, 0.25) is 0 Å². The summed E-state index contributed by atoms with van der Waals surface area (Å²) in [7, 11) is 1.46. The molecule has 3 N–H and O–H groups in total. The number of aldehydes is 1. The third-order valence-corrected chi connectivity index (χ3v) is 7.95. The van der Waals surface area contributed by atoms with Crippen LogP contribution in [0.1, 0.15) is 48.9 Å². The lowest BCUT2D eigenvalue weighted by Crippen LogP contribution is -2.57. The number of aliphatic hydroxyl groups is 2. The Morgan fingerprint density at radius 2 is 2.00 bits per heavy atom. The van der Waals surface area contributed by atoms with Crippen LogP contribution in [0, 0.1) is 15.4 Å². The van der Waals surface area contributed by atoms with Crippen molar-refractivity contribution in [3.8, 4) is 11.5 Å². The molecule has 1 aromatic carbocycles. The first-order valence-corrected chi connectivity index (χ1v) is 13.5. The quantitative estimate of drug-likeness (QED) is 0.258. The lowest BCUT2D eigenvalue weighted by Gasteiger charge is -2.43. The van der Waals surface area contributed by atoms with Gasteiger partial charge >= 0.3 is 0 Å². The number of nitrogens with one attached hydrogen (secondary N) is 1. The van der Waals surface area contributed by atoms with Gasteiger partial charge in [-0.2, -0.15) is 0 Å². The first-order chi connectivity index (χ1) is 17.4. The number of hydrogen-bond acceptors (Lipinski definition) is 7. The third-order valence-electron chi connectivity index (χ3n) is 7.15. The second kappa shape index (κ2) is 11.9. The van der Waals surface area contributed by atoms with E-state index >= 15 is 0 Å². The highest BCUT2D eigenvalue weighted by molar-refractivity contribution is 14.1. The highest BCUT2D eigenvalue weighted by atomic mass is 127. The van der Waals surface area contributed by atoms with Crippen molar-refractivity contribution >= 4 is 40.7 Å². The average molecular weight is 612 g/mol. The highest BCUT2D eigenvalue weighted by Crippen LogP contribution is 2.39. The molecule has 2 saturated carbocycles. The number of halogens is 1. The zero-order valence-electron chi connectivity index (χ0n) is 20.3. The molecule has 0 aromatic heterocycles. The molecule has 0 aliphatic heterocycles. The molecule has 9 nitrogen and oxygen atoms in total. The fraction of sp³-hybridized carbons (Fsp3) is 0.577. The minimum absolute atomic E-state index is 0.0372. The normalized spacial score (nSPS) is 23.8. The summed E-state index contributed by atoms with van der Waals surface area (Å²) >= 11 is 2.04. The zero-order chi connectivity index (χ0) is 25.8. The number of carbonyl (C=O) groups is 3. The number of rotatable bonds is 11. The molecule has 196 valence electrons. The van der Waals surface area contributed by atoms with Gasteiger partial charge in [0.05, 0.1) is 23.3 Å². The molecule has 36 heavy (non-hydrogen) atoms. The number of nitrogens with zero attached hydrogens (tertiary/aromatic N) is 1. The van der Waals surface area contributed by atoms with Gasteiger partial charge in [0.1, 0.15) is 18.5 Å². The summed E-state index contributed by atoms with van der Waals surface area (Å²) in [6.45, 7) is 0.461. The van der Waals surface area contributed by atoms with Crippen LogP contribution in [0.4, 0.5) is 0 Å². The molecule has 3 aliphatic carbocycles. The van der Waals surface area contributed by atoms with Crippen LogP contribution in [0.25, 0.3) is 0 Å². The smallest absolute Gasteiger partial charge is 0.247 e. The van der Waals surface area contributed by atoms with Gasteiger partial charge in [-0.25, -0.2) is 0 Å². The van der Waals surface area contributed by atoms with Crippen LogP contribution in [0.15, 0.2) is 23.8 Å². The van der Waals surface area contributed by atoms with Crippen LogP contribution in [0.5, 0.6) is 11.5 Å². The Hall–Kier alpha value is -2.18. The predicted octanol–water partition coefficient (Wildman–Crippen LogP) is 2.07. The minimum Gasteiger partial charge on any atom is -0.493 e. The molecule has 10 heteroatoms. The average Bonchev–Trinajstić information content (AvgIpc) is 3.66. The summed E-state index contributed by atoms with van der Waals surface area (Å²) < 4.78 is 12.3. The summed E-state index contributed by atoms with van der Waals surface area (Å²) in [5, 5.41) is 23.3. The largest absolute Gasteiger partial charge is 0.493 e. The van der Waals surface area contributed by atoms with Gasteiger partial charge in [-0.15, -0.1) is 0 Å². The van der Waals surface area contributed by atoms with Gasteiger partial charge in [0.2, 0.25) is 11.8 Å². The highest BCUT2D eigenvalue weighted by Gasteiger charge is 2.44. The van der Waals surface area contributed by atoms with E-state index in [1.54, 1.807) is 23.1 Å². The molecule has 0 radical (unpaired) electrons. The molecule has 4 rings (SSSR count). The van der Waals surface area contributed by atoms with Crippen molar-refractivity contribution in [1.29, 1.82) is 0 Å². The molecular formula is C26H33IN2O7. The van der Waals surface area contributed by atoms with E-state index < -0.39 is 18.2 Å². The van der Waals surface area contributed by atoms with Crippen LogP contribution >= 0.6 is 22.6 Å². The van der Waals surface area contributed by atoms with Crippen molar-refractivity contribution in [1.82, 2.24) is 10.2 Å². The molecule has 3 atom stereocenters. The Balaban J connectivity index is 1.67. The Morgan fingerprint density at radius 3 is 2.58 bits per heavy atom. The van der Waals surface area contributed by atoms with Gasteiger partial charge in [-0.3, -0.25) is 14.4 Å². The number of aliphatic hydroxyl groups excluding tert-OH is 2. The van der Waals surface area contributed by atoms with E-state index in [2.05, 4.69) is 5.32 Å². The summed E-state index contributed by atoms with van der Waals surface area (Å²) in [6.07, 6.45) is 5.31. The summed E-state index contributed by atoms with van der Waals surface area (Å²) in [4.78, 5) is 39.4. The Morgan fingerprint density at radius 1 is 1.25 bits per heavy atom. The second-order valence-electron chi connectivity index (χ2n) is 9.73. The van der Waals surface area contributed by atoms with Crippen molar-refractivity contribution in [3.05, 3.63) is 32.9 Å². The van der Waals surface area contributed by atoms with Gasteiger partial charge in [0, 0.05) is 36.6 Å². The van der Waals surface area contributed by atoms with Crippen molar-refractivity contribution in [3.63, 3.8) is 0 Å². The van der Waals surface area contributed by atoms with Crippen LogP contribution in [-0.4, -0.2) is 78.3 Å². The van der Waals surface area contributed by atoms with Crippen molar-refractivity contribution in [2.45, 2.75) is 56.8 Å². The fourth-order valence-electron chi connectivity index (χ4n) is 4.69. The van der Waals surface area contributed by atoms with Crippen molar-refractivity contribution in [2.24, 2.45) is 11.8 Å². The number of ether oxygens (including phenoxy) is 2. The van der Waals surface area contributed by atoms with Crippen molar-refractivity contribution < 1.29 is 34.1 Å². The zero-order valence-corrected chi connectivity index (χ0v) is 22.5. The summed E-state index contributed by atoms with van der Waals surface area (Å²) in [5.41, 5.74) is 0.816. The first-order valence-electron chi connectivity index (χ1n) is 12.4.